The molecule has 2 heterocycles. The molecule has 1 N–H and O–H groups in total. The molecule has 0 unspecified atom stereocenters. The fourth-order valence-corrected chi connectivity index (χ4v) is 9.91. The predicted octanol–water partition coefficient (Wildman–Crippen LogP) is 1.28. The monoisotopic (exact) mass is 287 g/mol. The van der Waals surface area contributed by atoms with Crippen molar-refractivity contribution in [2.75, 3.05) is 0 Å². The summed E-state index contributed by atoms with van der Waals surface area (Å²) in [7, 11) is 0. The van der Waals surface area contributed by atoms with E-state index in [1.807, 2.05) is 6.92 Å². The first-order valence-electron chi connectivity index (χ1n) is 6.63. The van der Waals surface area contributed by atoms with Crippen LogP contribution >= 0.6 is 0 Å². The van der Waals surface area contributed by atoms with Gasteiger partial charge in [-0.15, -0.1) is 0 Å². The minimum atomic E-state index is -0.680. The molecule has 0 aromatic carbocycles. The van der Waals surface area contributed by atoms with Gasteiger partial charge in [-0.2, -0.15) is 0 Å². The average Bonchev–Trinajstić information content (AvgIpc) is 2.94. The zero-order valence-corrected chi connectivity index (χ0v) is 13.1. The number of cyclic esters (lactones) is 1. The summed E-state index contributed by atoms with van der Waals surface area (Å²) in [6, 6.07) is -0.0865. The second-order valence-electron chi connectivity index (χ2n) is 5.80. The van der Waals surface area contributed by atoms with E-state index < -0.39 is 17.1 Å². The minimum absolute atomic E-state index is 0.0865. The van der Waals surface area contributed by atoms with Crippen LogP contribution < -0.4 is 5.32 Å². The molecule has 0 radical (unpaired) electrons. The van der Waals surface area contributed by atoms with Crippen molar-refractivity contribution in [2.45, 2.75) is 53.8 Å². The molecule has 1 aliphatic carbocycles. The Morgan fingerprint density at radius 3 is 2.82 bits per heavy atom. The number of nitrogens with one attached hydrogen (secondary N) is 1. The van der Waals surface area contributed by atoms with E-state index in [0.29, 0.717) is 16.9 Å². The zero-order valence-electron chi connectivity index (χ0n) is 10.1. The molecule has 2 aliphatic heterocycles. The predicted molar refractivity (Wildman–Crippen MR) is 56.9 cm³/mol. The summed E-state index contributed by atoms with van der Waals surface area (Å²) in [6.07, 6.45) is 4.14. The quantitative estimate of drug-likeness (QED) is 0.615. The van der Waals surface area contributed by atoms with Crippen LogP contribution in [-0.4, -0.2) is 24.0 Å². The van der Waals surface area contributed by atoms with Crippen molar-refractivity contribution in [3.8, 4) is 0 Å². The van der Waals surface area contributed by atoms with E-state index >= 15 is 0 Å². The van der Waals surface area contributed by atoms with Crippen molar-refractivity contribution >= 4 is 11.9 Å². The summed E-state index contributed by atoms with van der Waals surface area (Å²) in [4.78, 5) is 23.3. The molecule has 2 bridgehead atoms. The SMILES string of the molecule is C[C@@H]1OC(=O)C[C@@H]1NC(=O)[C@H]1[Zn][C@@H]2CC[C@H]1C2. The third-order valence-electron chi connectivity index (χ3n) is 4.67. The van der Waals surface area contributed by atoms with E-state index in [0.717, 1.165) is 4.51 Å². The van der Waals surface area contributed by atoms with Crippen LogP contribution in [0.5, 0.6) is 0 Å². The summed E-state index contributed by atoms with van der Waals surface area (Å²) in [5.74, 6) is 0.720. The third kappa shape index (κ3) is 2.14. The van der Waals surface area contributed by atoms with Crippen molar-refractivity contribution in [1.29, 1.82) is 0 Å². The number of rotatable bonds is 2. The fraction of sp³-hybridized carbons (Fsp3) is 0.833. The molecular weight excluding hydrogens is 272 g/mol. The number of hydrogen-bond donors (Lipinski definition) is 1. The van der Waals surface area contributed by atoms with Gasteiger partial charge >= 0.3 is 108 Å². The standard InChI is InChI=1S/C12H17NO3.Zn/c1-8-10(7-12(15)16-8)13-11(14)6-9-4-2-3-5-9;/h2,6,8-10H,3-5,7H2,1H3,(H,13,14);/t8-,9+,10-;/m0./s1. The van der Waals surface area contributed by atoms with Gasteiger partial charge in [-0.05, 0) is 0 Å². The first-order chi connectivity index (χ1) is 8.13. The van der Waals surface area contributed by atoms with Crippen LogP contribution in [0.3, 0.4) is 0 Å². The molecule has 0 aromatic rings. The number of fused-ring (bicyclic) bond motifs is 2. The van der Waals surface area contributed by atoms with Gasteiger partial charge in [0.1, 0.15) is 0 Å². The Bertz CT molecular complexity index is 360. The van der Waals surface area contributed by atoms with Gasteiger partial charge in [-0.25, -0.2) is 0 Å². The maximum absolute atomic E-state index is 12.2. The van der Waals surface area contributed by atoms with Crippen molar-refractivity contribution in [2.24, 2.45) is 5.92 Å². The Hall–Kier alpha value is -0.437. The normalized spacial score (nSPS) is 42.9. The molecular formula is C12H17NO3Zn. The molecule has 5 atom stereocenters. The molecule has 4 nitrogen and oxygen atoms in total. The molecule has 90 valence electrons. The number of esters is 1. The van der Waals surface area contributed by atoms with Crippen molar-refractivity contribution in [3.63, 3.8) is 0 Å². The number of ether oxygens (including phenoxy) is 1. The van der Waals surface area contributed by atoms with Gasteiger partial charge in [0.25, 0.3) is 0 Å². The van der Waals surface area contributed by atoms with E-state index in [4.69, 9.17) is 4.74 Å². The molecule has 3 aliphatic rings. The molecule has 3 fully saturated rings. The topological polar surface area (TPSA) is 55.4 Å². The Kier molecular flexibility index (Phi) is 2.98. The number of amides is 1. The van der Waals surface area contributed by atoms with E-state index in [1.54, 1.807) is 0 Å². The van der Waals surface area contributed by atoms with Crippen LogP contribution in [0.15, 0.2) is 0 Å². The summed E-state index contributed by atoms with van der Waals surface area (Å²) >= 11 is -0.680. The van der Waals surface area contributed by atoms with Crippen LogP contribution in [0.25, 0.3) is 0 Å². The van der Waals surface area contributed by atoms with E-state index in [-0.39, 0.29) is 24.0 Å². The Morgan fingerprint density at radius 2 is 2.29 bits per heavy atom. The summed E-state index contributed by atoms with van der Waals surface area (Å²) < 4.78 is 6.40. The van der Waals surface area contributed by atoms with Crippen LogP contribution in [-0.2, 0) is 31.5 Å². The van der Waals surface area contributed by atoms with E-state index in [2.05, 4.69) is 5.32 Å². The van der Waals surface area contributed by atoms with Gasteiger partial charge in [-0.3, -0.25) is 0 Å². The van der Waals surface area contributed by atoms with E-state index in [9.17, 15) is 9.59 Å². The summed E-state index contributed by atoms with van der Waals surface area (Å²) in [5, 5.41) is 3.05. The van der Waals surface area contributed by atoms with Gasteiger partial charge in [0.15, 0.2) is 0 Å². The second-order valence-corrected chi connectivity index (χ2v) is 11.1. The Labute approximate surface area is 108 Å². The molecule has 17 heavy (non-hydrogen) atoms. The Morgan fingerprint density at radius 1 is 1.47 bits per heavy atom. The maximum atomic E-state index is 12.2. The average molecular weight is 289 g/mol. The van der Waals surface area contributed by atoms with Crippen molar-refractivity contribution < 1.29 is 31.5 Å². The zero-order chi connectivity index (χ0) is 12.0. The Balaban J connectivity index is 1.59. The van der Waals surface area contributed by atoms with Crippen molar-refractivity contribution in [1.82, 2.24) is 5.32 Å². The van der Waals surface area contributed by atoms with Gasteiger partial charge in [0.2, 0.25) is 0 Å². The first-order valence-corrected chi connectivity index (χ1v) is 10.1. The number of hydrogen-bond acceptors (Lipinski definition) is 3. The first kappa shape index (κ1) is 11.6. The van der Waals surface area contributed by atoms with Gasteiger partial charge in [-0.1, -0.05) is 0 Å². The van der Waals surface area contributed by atoms with E-state index in [1.165, 1.54) is 19.3 Å². The molecule has 0 spiro atoms. The van der Waals surface area contributed by atoms with Gasteiger partial charge < -0.3 is 0 Å². The van der Waals surface area contributed by atoms with Crippen LogP contribution in [0.2, 0.25) is 9.02 Å². The summed E-state index contributed by atoms with van der Waals surface area (Å²) in [6.45, 7) is 1.86. The van der Waals surface area contributed by atoms with Crippen LogP contribution in [0, 0.1) is 5.92 Å². The number of carbonyl (C=O) groups is 2. The molecule has 3 rings (SSSR count). The van der Waals surface area contributed by atoms with Gasteiger partial charge in [0, 0.05) is 0 Å². The second kappa shape index (κ2) is 4.34. The molecule has 1 saturated carbocycles. The van der Waals surface area contributed by atoms with Crippen LogP contribution in [0.4, 0.5) is 0 Å². The molecule has 5 heteroatoms. The molecule has 0 aromatic heterocycles. The van der Waals surface area contributed by atoms with Crippen molar-refractivity contribution in [3.05, 3.63) is 0 Å². The molecule has 2 saturated heterocycles. The third-order valence-corrected chi connectivity index (χ3v) is 10.9. The fourth-order valence-electron chi connectivity index (χ4n) is 3.71. The van der Waals surface area contributed by atoms with Crippen LogP contribution in [0.1, 0.15) is 32.6 Å². The number of carbonyl (C=O) groups excluding carboxylic acids is 2. The van der Waals surface area contributed by atoms with Gasteiger partial charge in [0.05, 0.1) is 0 Å². The summed E-state index contributed by atoms with van der Waals surface area (Å²) in [5.41, 5.74) is 0. The molecule has 1 amide bonds.